The minimum atomic E-state index is -4.38. The predicted octanol–water partition coefficient (Wildman–Crippen LogP) is 3.12. The Kier molecular flexibility index (Phi) is 7.21. The number of benzene rings is 2. The smallest absolute Gasteiger partial charge is 0.224 e. The van der Waals surface area contributed by atoms with Crippen LogP contribution < -0.4 is 4.74 Å². The topological polar surface area (TPSA) is 107 Å². The summed E-state index contributed by atoms with van der Waals surface area (Å²) in [6, 6.07) is 7.15. The van der Waals surface area contributed by atoms with Gasteiger partial charge in [-0.2, -0.15) is 0 Å². The predicted molar refractivity (Wildman–Crippen MR) is 134 cm³/mol. The zero-order valence-electron chi connectivity index (χ0n) is 20.2. The zero-order chi connectivity index (χ0) is 27.3. The van der Waals surface area contributed by atoms with E-state index in [0.29, 0.717) is 18.0 Å². The van der Waals surface area contributed by atoms with Gasteiger partial charge in [-0.3, -0.25) is 4.79 Å². The number of halogens is 3. The largest absolute Gasteiger partial charge is 0.490 e. The molecule has 0 aliphatic carbocycles. The number of ether oxygens (including phenoxy) is 2. The molecule has 38 heavy (non-hydrogen) atoms. The van der Waals surface area contributed by atoms with Crippen molar-refractivity contribution in [3.8, 4) is 5.75 Å². The molecule has 2 aromatic rings. The van der Waals surface area contributed by atoms with Crippen molar-refractivity contribution in [3.05, 3.63) is 58.6 Å². The van der Waals surface area contributed by atoms with Gasteiger partial charge in [0.25, 0.3) is 0 Å². The van der Waals surface area contributed by atoms with Crippen LogP contribution >= 0.6 is 11.6 Å². The van der Waals surface area contributed by atoms with Crippen molar-refractivity contribution in [2.24, 2.45) is 5.92 Å². The number of carbonyl (C=O) groups is 1. The summed E-state index contributed by atoms with van der Waals surface area (Å²) >= 11 is 5.96. The third-order valence-corrected chi connectivity index (χ3v) is 12.2. The Bertz CT molecular complexity index is 1470. The van der Waals surface area contributed by atoms with Gasteiger partial charge in [-0.05, 0) is 49.2 Å². The summed E-state index contributed by atoms with van der Waals surface area (Å²) in [5.41, 5.74) is -0.406. The molecule has 0 unspecified atom stereocenters. The van der Waals surface area contributed by atoms with Crippen molar-refractivity contribution in [2.75, 3.05) is 37.8 Å². The lowest BCUT2D eigenvalue weighted by molar-refractivity contribution is -0.139. The Labute approximate surface area is 224 Å². The third-order valence-electron chi connectivity index (χ3n) is 7.68. The molecule has 0 saturated carbocycles. The molecular formula is C25H26ClF2NO7S2. The highest BCUT2D eigenvalue weighted by molar-refractivity contribution is 7.92. The Balaban J connectivity index is 1.51. The molecule has 0 spiro atoms. The Morgan fingerprint density at radius 3 is 2.39 bits per heavy atom. The van der Waals surface area contributed by atoms with Crippen molar-refractivity contribution in [2.45, 2.75) is 35.0 Å². The van der Waals surface area contributed by atoms with Crippen LogP contribution in [0.4, 0.5) is 8.78 Å². The molecule has 1 amide bonds. The van der Waals surface area contributed by atoms with E-state index >= 15 is 4.39 Å². The highest BCUT2D eigenvalue weighted by Gasteiger charge is 2.61. The molecule has 3 aliphatic rings. The van der Waals surface area contributed by atoms with Gasteiger partial charge in [0.2, 0.25) is 5.91 Å². The third kappa shape index (κ3) is 4.59. The van der Waals surface area contributed by atoms with Crippen LogP contribution in [0.5, 0.6) is 5.75 Å². The molecule has 2 saturated heterocycles. The fraction of sp³-hybridized carbons (Fsp3) is 0.480. The molecule has 0 N–H and O–H groups in total. The molecule has 206 valence electrons. The van der Waals surface area contributed by atoms with Crippen LogP contribution in [0.1, 0.15) is 24.8 Å². The SMILES string of the molecule is O=C1CCN1CCS(=O)(=O)CC[C@@H]1OCC[C@@]2(S(=O)(=O)c3ccc(Cl)cc3)c3c(F)ccc(F)c3OC[C@@H]12. The van der Waals surface area contributed by atoms with Crippen LogP contribution in [0.3, 0.4) is 0 Å². The Morgan fingerprint density at radius 2 is 1.74 bits per heavy atom. The fourth-order valence-electron chi connectivity index (χ4n) is 5.58. The number of amides is 1. The van der Waals surface area contributed by atoms with Crippen LogP contribution in [0.2, 0.25) is 5.02 Å². The van der Waals surface area contributed by atoms with Crippen molar-refractivity contribution in [1.82, 2.24) is 4.90 Å². The van der Waals surface area contributed by atoms with E-state index in [1.54, 1.807) is 0 Å². The summed E-state index contributed by atoms with van der Waals surface area (Å²) in [7, 11) is -8.00. The molecule has 3 heterocycles. The molecular weight excluding hydrogens is 564 g/mol. The monoisotopic (exact) mass is 589 g/mol. The molecule has 2 aromatic carbocycles. The normalized spacial score (nSPS) is 25.2. The first kappa shape index (κ1) is 27.3. The Morgan fingerprint density at radius 1 is 1.03 bits per heavy atom. The van der Waals surface area contributed by atoms with Crippen molar-refractivity contribution in [3.63, 3.8) is 0 Å². The molecule has 0 radical (unpaired) electrons. The van der Waals surface area contributed by atoms with Gasteiger partial charge in [0.05, 0.1) is 34.7 Å². The maximum Gasteiger partial charge on any atom is 0.224 e. The number of β-lactam (4-membered cyclic amide) rings is 1. The maximum atomic E-state index is 15.4. The van der Waals surface area contributed by atoms with Gasteiger partial charge in [-0.1, -0.05) is 11.6 Å². The highest BCUT2D eigenvalue weighted by atomic mass is 35.5. The fourth-order valence-corrected chi connectivity index (χ4v) is 9.34. The zero-order valence-corrected chi connectivity index (χ0v) is 22.6. The lowest BCUT2D eigenvalue weighted by Crippen LogP contribution is -2.57. The van der Waals surface area contributed by atoms with Gasteiger partial charge in [0, 0.05) is 37.1 Å². The molecule has 3 atom stereocenters. The summed E-state index contributed by atoms with van der Waals surface area (Å²) in [6.45, 7) is 0.178. The summed E-state index contributed by atoms with van der Waals surface area (Å²) in [4.78, 5) is 12.8. The van der Waals surface area contributed by atoms with Crippen molar-refractivity contribution >= 4 is 37.2 Å². The molecule has 13 heteroatoms. The number of rotatable bonds is 8. The number of hydrogen-bond donors (Lipinski definition) is 0. The van der Waals surface area contributed by atoms with Gasteiger partial charge in [-0.15, -0.1) is 0 Å². The van der Waals surface area contributed by atoms with Gasteiger partial charge in [0.1, 0.15) is 10.6 Å². The van der Waals surface area contributed by atoms with Crippen LogP contribution in [0, 0.1) is 17.6 Å². The standard InChI is InChI=1S/C25H26ClF2NO7S2/c26-16-1-3-17(4-2-16)38(33,34)25-9-12-35-21(8-13-37(31,32)14-11-29-10-7-22(29)30)18(25)15-36-24-20(28)6-5-19(27)23(24)25/h1-6,18,21H,7-15H2/t18-,21-,25-/m0/s1. The maximum absolute atomic E-state index is 15.4. The van der Waals surface area contributed by atoms with E-state index in [2.05, 4.69) is 0 Å². The second kappa shape index (κ2) is 10.0. The van der Waals surface area contributed by atoms with Crippen molar-refractivity contribution < 1.29 is 39.9 Å². The van der Waals surface area contributed by atoms with Gasteiger partial charge < -0.3 is 14.4 Å². The highest BCUT2D eigenvalue weighted by Crippen LogP contribution is 2.55. The van der Waals surface area contributed by atoms with E-state index in [9.17, 15) is 26.0 Å². The van der Waals surface area contributed by atoms with E-state index in [1.165, 1.54) is 29.2 Å². The number of hydrogen-bond acceptors (Lipinski definition) is 7. The van der Waals surface area contributed by atoms with E-state index in [1.807, 2.05) is 0 Å². The molecule has 5 rings (SSSR count). The second-order valence-electron chi connectivity index (χ2n) is 9.73. The first-order chi connectivity index (χ1) is 18.0. The number of fused-ring (bicyclic) bond motifs is 3. The van der Waals surface area contributed by atoms with E-state index in [0.717, 1.165) is 12.1 Å². The summed E-state index contributed by atoms with van der Waals surface area (Å²) < 4.78 is 93.8. The molecule has 3 aliphatic heterocycles. The van der Waals surface area contributed by atoms with E-state index in [4.69, 9.17) is 21.1 Å². The van der Waals surface area contributed by atoms with Gasteiger partial charge >= 0.3 is 0 Å². The van der Waals surface area contributed by atoms with Crippen LogP contribution in [0.25, 0.3) is 0 Å². The summed E-state index contributed by atoms with van der Waals surface area (Å²) in [5, 5.41) is 0.303. The summed E-state index contributed by atoms with van der Waals surface area (Å²) in [5.74, 6) is -3.97. The minimum absolute atomic E-state index is 0.0749. The van der Waals surface area contributed by atoms with Gasteiger partial charge in [-0.25, -0.2) is 25.6 Å². The minimum Gasteiger partial charge on any atom is -0.490 e. The average molecular weight is 590 g/mol. The first-order valence-corrected chi connectivity index (χ1v) is 15.9. The van der Waals surface area contributed by atoms with Crippen molar-refractivity contribution in [1.29, 1.82) is 0 Å². The lowest BCUT2D eigenvalue weighted by Gasteiger charge is -2.50. The average Bonchev–Trinajstić information content (AvgIpc) is 2.88. The number of sulfone groups is 2. The lowest BCUT2D eigenvalue weighted by atomic mass is 9.75. The number of carbonyl (C=O) groups excluding carboxylic acids is 1. The molecule has 2 fully saturated rings. The quantitative estimate of drug-likeness (QED) is 0.436. The molecule has 8 nitrogen and oxygen atoms in total. The van der Waals surface area contributed by atoms with Crippen LogP contribution in [0.15, 0.2) is 41.3 Å². The van der Waals surface area contributed by atoms with Crippen LogP contribution in [-0.4, -0.2) is 71.6 Å². The number of likely N-dealkylation sites (tertiary alicyclic amines) is 1. The Hall–Kier alpha value is -2.28. The molecule has 0 aromatic heterocycles. The summed E-state index contributed by atoms with van der Waals surface area (Å²) in [6.07, 6.45) is -0.781. The number of nitrogens with zero attached hydrogens (tertiary/aromatic N) is 1. The van der Waals surface area contributed by atoms with E-state index in [-0.39, 0.29) is 54.9 Å². The molecule has 0 bridgehead atoms. The second-order valence-corrected chi connectivity index (χ2v) is 14.7. The van der Waals surface area contributed by atoms with Gasteiger partial charge in [0.15, 0.2) is 31.2 Å². The van der Waals surface area contributed by atoms with Crippen LogP contribution in [-0.2, 0) is 34.0 Å². The first-order valence-electron chi connectivity index (χ1n) is 12.2. The van der Waals surface area contributed by atoms with E-state index < -0.39 is 59.4 Å².